The van der Waals surface area contributed by atoms with Crippen LogP contribution in [-0.2, 0) is 0 Å². The van der Waals surface area contributed by atoms with Crippen LogP contribution < -0.4 is 5.73 Å². The fourth-order valence-corrected chi connectivity index (χ4v) is 3.65. The molecule has 1 aromatic carbocycles. The molecule has 0 radical (unpaired) electrons. The molecular weight excluding hydrogens is 220 g/mol. The molecule has 1 fully saturated rings. The van der Waals surface area contributed by atoms with Gasteiger partial charge in [0.05, 0.1) is 0 Å². The maximum atomic E-state index is 6.18. The standard InChI is InChI=1S/C16H24N2/c1-11-7-8-16(14-6-4-3-5-13(11)14)18-9-12(2)15(17)10-18/h3-6,11-12,15-16H,7-10,17H2,1-2H3. The Hall–Kier alpha value is -0.860. The van der Waals surface area contributed by atoms with E-state index in [1.165, 1.54) is 12.8 Å². The van der Waals surface area contributed by atoms with Crippen molar-refractivity contribution in [1.29, 1.82) is 0 Å². The zero-order valence-corrected chi connectivity index (χ0v) is 11.5. The number of hydrogen-bond donors (Lipinski definition) is 1. The van der Waals surface area contributed by atoms with E-state index in [0.717, 1.165) is 13.1 Å². The van der Waals surface area contributed by atoms with Crippen molar-refractivity contribution in [2.24, 2.45) is 11.7 Å². The normalized spacial score (nSPS) is 36.6. The quantitative estimate of drug-likeness (QED) is 0.823. The van der Waals surface area contributed by atoms with Crippen molar-refractivity contribution in [3.05, 3.63) is 35.4 Å². The smallest absolute Gasteiger partial charge is 0.0351 e. The Balaban J connectivity index is 1.89. The van der Waals surface area contributed by atoms with E-state index in [0.29, 0.717) is 23.9 Å². The van der Waals surface area contributed by atoms with Crippen LogP contribution in [0.1, 0.15) is 49.8 Å². The van der Waals surface area contributed by atoms with Crippen molar-refractivity contribution >= 4 is 0 Å². The van der Waals surface area contributed by atoms with E-state index in [1.807, 2.05) is 0 Å². The molecule has 0 saturated carbocycles. The largest absolute Gasteiger partial charge is 0.326 e. The lowest BCUT2D eigenvalue weighted by molar-refractivity contribution is 0.208. The minimum Gasteiger partial charge on any atom is -0.326 e. The topological polar surface area (TPSA) is 29.3 Å². The molecule has 2 nitrogen and oxygen atoms in total. The molecule has 1 aromatic rings. The van der Waals surface area contributed by atoms with Crippen molar-refractivity contribution < 1.29 is 0 Å². The lowest BCUT2D eigenvalue weighted by Gasteiger charge is -2.35. The predicted octanol–water partition coefficient (Wildman–Crippen LogP) is 2.90. The van der Waals surface area contributed by atoms with Gasteiger partial charge in [-0.1, -0.05) is 38.1 Å². The summed E-state index contributed by atoms with van der Waals surface area (Å²) >= 11 is 0. The van der Waals surface area contributed by atoms with E-state index in [9.17, 15) is 0 Å². The summed E-state index contributed by atoms with van der Waals surface area (Å²) in [5.74, 6) is 1.35. The molecular formula is C16H24N2. The highest BCUT2D eigenvalue weighted by Gasteiger charge is 2.35. The van der Waals surface area contributed by atoms with Crippen LogP contribution in [0.3, 0.4) is 0 Å². The Kier molecular flexibility index (Phi) is 3.16. The Labute approximate surface area is 110 Å². The molecule has 0 spiro atoms. The van der Waals surface area contributed by atoms with E-state index in [1.54, 1.807) is 11.1 Å². The zero-order chi connectivity index (χ0) is 12.7. The predicted molar refractivity (Wildman–Crippen MR) is 75.5 cm³/mol. The van der Waals surface area contributed by atoms with Gasteiger partial charge in [-0.3, -0.25) is 4.90 Å². The maximum Gasteiger partial charge on any atom is 0.0351 e. The van der Waals surface area contributed by atoms with Gasteiger partial charge in [0, 0.05) is 25.2 Å². The Morgan fingerprint density at radius 3 is 2.44 bits per heavy atom. The second kappa shape index (κ2) is 4.67. The summed E-state index contributed by atoms with van der Waals surface area (Å²) in [6.07, 6.45) is 2.60. The van der Waals surface area contributed by atoms with Gasteiger partial charge < -0.3 is 5.73 Å². The summed E-state index contributed by atoms with van der Waals surface area (Å²) in [7, 11) is 0. The van der Waals surface area contributed by atoms with Crippen LogP contribution in [0.4, 0.5) is 0 Å². The van der Waals surface area contributed by atoms with Crippen LogP contribution in [0.5, 0.6) is 0 Å². The van der Waals surface area contributed by atoms with E-state index >= 15 is 0 Å². The molecule has 2 aliphatic rings. The van der Waals surface area contributed by atoms with Crippen molar-refractivity contribution in [3.63, 3.8) is 0 Å². The minimum atomic E-state index is 0.358. The Morgan fingerprint density at radius 2 is 1.78 bits per heavy atom. The van der Waals surface area contributed by atoms with Crippen LogP contribution >= 0.6 is 0 Å². The molecule has 1 aliphatic carbocycles. The van der Waals surface area contributed by atoms with Gasteiger partial charge in [-0.25, -0.2) is 0 Å². The van der Waals surface area contributed by atoms with E-state index in [-0.39, 0.29) is 0 Å². The third kappa shape index (κ3) is 1.98. The molecule has 0 bridgehead atoms. The second-order valence-electron chi connectivity index (χ2n) is 6.22. The summed E-state index contributed by atoms with van der Waals surface area (Å²) in [6.45, 7) is 6.86. The molecule has 2 heteroatoms. The number of benzene rings is 1. The third-order valence-corrected chi connectivity index (χ3v) is 4.90. The minimum absolute atomic E-state index is 0.358. The fourth-order valence-electron chi connectivity index (χ4n) is 3.65. The summed E-state index contributed by atoms with van der Waals surface area (Å²) in [5, 5.41) is 0. The number of likely N-dealkylation sites (tertiary alicyclic amines) is 1. The first-order valence-electron chi connectivity index (χ1n) is 7.25. The SMILES string of the molecule is CC1CCC(N2CC(C)C(N)C2)c2ccccc21. The van der Waals surface area contributed by atoms with Gasteiger partial charge in [0.25, 0.3) is 0 Å². The van der Waals surface area contributed by atoms with Crippen LogP contribution in [-0.4, -0.2) is 24.0 Å². The molecule has 1 aliphatic heterocycles. The highest BCUT2D eigenvalue weighted by molar-refractivity contribution is 5.35. The molecule has 1 heterocycles. The number of hydrogen-bond acceptors (Lipinski definition) is 2. The summed E-state index contributed by atoms with van der Waals surface area (Å²) in [6, 6.07) is 9.96. The first-order chi connectivity index (χ1) is 8.66. The Morgan fingerprint density at radius 1 is 1.06 bits per heavy atom. The first kappa shape index (κ1) is 12.2. The number of nitrogens with two attached hydrogens (primary N) is 1. The number of nitrogens with zero attached hydrogens (tertiary/aromatic N) is 1. The van der Waals surface area contributed by atoms with Crippen LogP contribution in [0.15, 0.2) is 24.3 Å². The maximum absolute atomic E-state index is 6.18. The lowest BCUT2D eigenvalue weighted by Crippen LogP contribution is -2.32. The molecule has 3 rings (SSSR count). The van der Waals surface area contributed by atoms with E-state index in [2.05, 4.69) is 43.0 Å². The van der Waals surface area contributed by atoms with Gasteiger partial charge in [0.15, 0.2) is 0 Å². The monoisotopic (exact) mass is 244 g/mol. The van der Waals surface area contributed by atoms with Crippen molar-refractivity contribution in [2.45, 2.75) is 44.7 Å². The summed E-state index contributed by atoms with van der Waals surface area (Å²) in [5.41, 5.74) is 9.29. The van der Waals surface area contributed by atoms with Gasteiger partial charge in [-0.15, -0.1) is 0 Å². The molecule has 1 saturated heterocycles. The number of fused-ring (bicyclic) bond motifs is 1. The molecule has 0 aromatic heterocycles. The average molecular weight is 244 g/mol. The molecule has 98 valence electrons. The Bertz CT molecular complexity index is 419. The summed E-state index contributed by atoms with van der Waals surface area (Å²) in [4.78, 5) is 2.61. The van der Waals surface area contributed by atoms with Gasteiger partial charge in [-0.05, 0) is 35.8 Å². The molecule has 18 heavy (non-hydrogen) atoms. The number of rotatable bonds is 1. The summed E-state index contributed by atoms with van der Waals surface area (Å²) < 4.78 is 0. The van der Waals surface area contributed by atoms with Gasteiger partial charge >= 0.3 is 0 Å². The fraction of sp³-hybridized carbons (Fsp3) is 0.625. The first-order valence-corrected chi connectivity index (χ1v) is 7.25. The van der Waals surface area contributed by atoms with E-state index < -0.39 is 0 Å². The van der Waals surface area contributed by atoms with Crippen molar-refractivity contribution in [1.82, 2.24) is 4.90 Å². The molecule has 4 unspecified atom stereocenters. The van der Waals surface area contributed by atoms with Gasteiger partial charge in [0.1, 0.15) is 0 Å². The highest BCUT2D eigenvalue weighted by Crippen LogP contribution is 2.41. The van der Waals surface area contributed by atoms with Crippen LogP contribution in [0.2, 0.25) is 0 Å². The van der Waals surface area contributed by atoms with Crippen molar-refractivity contribution in [2.75, 3.05) is 13.1 Å². The van der Waals surface area contributed by atoms with E-state index in [4.69, 9.17) is 5.73 Å². The third-order valence-electron chi connectivity index (χ3n) is 4.90. The lowest BCUT2D eigenvalue weighted by atomic mass is 9.80. The van der Waals surface area contributed by atoms with Gasteiger partial charge in [-0.2, -0.15) is 0 Å². The van der Waals surface area contributed by atoms with Crippen LogP contribution in [0, 0.1) is 5.92 Å². The molecule has 4 atom stereocenters. The highest BCUT2D eigenvalue weighted by atomic mass is 15.2. The van der Waals surface area contributed by atoms with Gasteiger partial charge in [0.2, 0.25) is 0 Å². The molecule has 0 amide bonds. The second-order valence-corrected chi connectivity index (χ2v) is 6.22. The average Bonchev–Trinajstić information content (AvgIpc) is 2.70. The molecule has 2 N–H and O–H groups in total. The van der Waals surface area contributed by atoms with Crippen molar-refractivity contribution in [3.8, 4) is 0 Å². The van der Waals surface area contributed by atoms with Crippen LogP contribution in [0.25, 0.3) is 0 Å². The zero-order valence-electron chi connectivity index (χ0n) is 11.5.